The molecule has 1 heterocycles. The first kappa shape index (κ1) is 18.4. The number of rotatable bonds is 2. The third kappa shape index (κ3) is 5.03. The molecule has 0 saturated carbocycles. The lowest BCUT2D eigenvalue weighted by Gasteiger charge is -2.26. The second kappa shape index (κ2) is 7.32. The molecule has 1 amide bonds. The molecule has 4 nitrogen and oxygen atoms in total. The molecule has 1 aromatic carbocycles. The number of fused-ring (bicyclic) bond motifs is 1. The van der Waals surface area contributed by atoms with Crippen molar-refractivity contribution in [2.75, 3.05) is 13.1 Å². The number of amides is 1. The van der Waals surface area contributed by atoms with Gasteiger partial charge >= 0.3 is 6.09 Å². The molecule has 1 aliphatic rings. The third-order valence-electron chi connectivity index (χ3n) is 3.55. The zero-order valence-electron chi connectivity index (χ0n) is 14.2. The maximum atomic E-state index is 12.3. The van der Waals surface area contributed by atoms with Crippen LogP contribution in [0.2, 0.25) is 5.02 Å². The van der Waals surface area contributed by atoms with Crippen LogP contribution in [0.25, 0.3) is 0 Å². The highest BCUT2D eigenvalue weighted by Crippen LogP contribution is 2.36. The summed E-state index contributed by atoms with van der Waals surface area (Å²) in [5, 5.41) is 0.709. The lowest BCUT2D eigenvalue weighted by molar-refractivity contribution is 0.0258. The minimum Gasteiger partial charge on any atom is -0.444 e. The summed E-state index contributed by atoms with van der Waals surface area (Å²) in [4.78, 5) is 15.1. The van der Waals surface area contributed by atoms with E-state index in [-0.39, 0.29) is 11.5 Å². The van der Waals surface area contributed by atoms with Gasteiger partial charge in [0, 0.05) is 18.0 Å². The summed E-state index contributed by atoms with van der Waals surface area (Å²) in [5.41, 5.74) is 7.91. The normalized spacial score (nSPS) is 16.5. The Kier molecular flexibility index (Phi) is 5.87. The van der Waals surface area contributed by atoms with Crippen LogP contribution >= 0.6 is 23.4 Å². The number of carbonyl (C=O) groups excluding carboxylic acids is 1. The highest BCUT2D eigenvalue weighted by molar-refractivity contribution is 8.00. The highest BCUT2D eigenvalue weighted by Gasteiger charge is 2.25. The van der Waals surface area contributed by atoms with Gasteiger partial charge < -0.3 is 15.4 Å². The molecule has 0 spiro atoms. The number of carbonyl (C=O) groups is 1. The van der Waals surface area contributed by atoms with Gasteiger partial charge in [0.25, 0.3) is 0 Å². The van der Waals surface area contributed by atoms with Gasteiger partial charge in [0.05, 0.1) is 10.4 Å². The number of thioether (sulfide) groups is 1. The van der Waals surface area contributed by atoms with Crippen molar-refractivity contribution in [2.45, 2.75) is 56.4 Å². The van der Waals surface area contributed by atoms with Gasteiger partial charge in [-0.05, 0) is 57.7 Å². The fourth-order valence-electron chi connectivity index (χ4n) is 2.58. The molecular weight excluding hydrogens is 332 g/mol. The third-order valence-corrected chi connectivity index (χ3v) is 5.05. The largest absolute Gasteiger partial charge is 0.444 e. The summed E-state index contributed by atoms with van der Waals surface area (Å²) in [6.45, 7) is 8.89. The van der Waals surface area contributed by atoms with Crippen molar-refractivity contribution in [3.8, 4) is 0 Å². The molecule has 0 radical (unpaired) electrons. The zero-order chi connectivity index (χ0) is 17.2. The SMILES string of the molecule is CC(N)Sc1c(Cl)ccc2c1CCN(C(=O)OC(C)(C)C)CC2. The fourth-order valence-corrected chi connectivity index (χ4v) is 3.82. The van der Waals surface area contributed by atoms with E-state index in [1.807, 2.05) is 33.8 Å². The van der Waals surface area contributed by atoms with E-state index in [2.05, 4.69) is 6.07 Å². The van der Waals surface area contributed by atoms with Crippen LogP contribution in [0.3, 0.4) is 0 Å². The lowest BCUT2D eigenvalue weighted by atomic mass is 10.0. The summed E-state index contributed by atoms with van der Waals surface area (Å²) in [7, 11) is 0. The predicted molar refractivity (Wildman–Crippen MR) is 96.2 cm³/mol. The molecule has 1 aromatic rings. The summed E-state index contributed by atoms with van der Waals surface area (Å²) < 4.78 is 5.49. The molecule has 2 N–H and O–H groups in total. The Morgan fingerprint density at radius 1 is 1.35 bits per heavy atom. The lowest BCUT2D eigenvalue weighted by Crippen LogP contribution is -2.38. The van der Waals surface area contributed by atoms with E-state index in [1.165, 1.54) is 11.1 Å². The molecule has 0 bridgehead atoms. The Labute approximate surface area is 147 Å². The average Bonchev–Trinajstić information content (AvgIpc) is 2.62. The summed E-state index contributed by atoms with van der Waals surface area (Å²) in [5.74, 6) is 0. The number of halogens is 1. The number of nitrogens with two attached hydrogens (primary N) is 1. The first-order chi connectivity index (χ1) is 10.7. The second-order valence-electron chi connectivity index (χ2n) is 6.80. The molecule has 1 unspecified atom stereocenters. The number of benzene rings is 1. The van der Waals surface area contributed by atoms with Gasteiger partial charge in [-0.25, -0.2) is 4.79 Å². The topological polar surface area (TPSA) is 55.6 Å². The van der Waals surface area contributed by atoms with Crippen LogP contribution < -0.4 is 5.73 Å². The van der Waals surface area contributed by atoms with Crippen molar-refractivity contribution < 1.29 is 9.53 Å². The van der Waals surface area contributed by atoms with Crippen molar-refractivity contribution in [3.63, 3.8) is 0 Å². The van der Waals surface area contributed by atoms with Crippen LogP contribution in [0.15, 0.2) is 17.0 Å². The molecule has 0 aromatic heterocycles. The van der Waals surface area contributed by atoms with Crippen LogP contribution in [-0.4, -0.2) is 35.1 Å². The highest BCUT2D eigenvalue weighted by atomic mass is 35.5. The van der Waals surface area contributed by atoms with Crippen molar-refractivity contribution in [1.82, 2.24) is 4.90 Å². The van der Waals surface area contributed by atoms with Crippen molar-refractivity contribution >= 4 is 29.5 Å². The molecule has 23 heavy (non-hydrogen) atoms. The molecule has 0 fully saturated rings. The molecule has 1 aliphatic heterocycles. The minimum atomic E-state index is -0.477. The number of ether oxygens (including phenoxy) is 1. The second-order valence-corrected chi connectivity index (χ2v) is 8.60. The molecule has 6 heteroatoms. The summed E-state index contributed by atoms with van der Waals surface area (Å²) >= 11 is 7.94. The Hall–Kier alpha value is -0.910. The first-order valence-electron chi connectivity index (χ1n) is 7.88. The van der Waals surface area contributed by atoms with E-state index in [9.17, 15) is 4.79 Å². The van der Waals surface area contributed by atoms with Gasteiger partial charge in [0.15, 0.2) is 0 Å². The maximum absolute atomic E-state index is 12.3. The summed E-state index contributed by atoms with van der Waals surface area (Å²) in [6, 6.07) is 3.98. The van der Waals surface area contributed by atoms with E-state index in [1.54, 1.807) is 16.7 Å². The van der Waals surface area contributed by atoms with Crippen LogP contribution in [0.1, 0.15) is 38.8 Å². The van der Waals surface area contributed by atoms with Crippen LogP contribution in [0.4, 0.5) is 4.79 Å². The van der Waals surface area contributed by atoms with Crippen molar-refractivity contribution in [2.24, 2.45) is 5.73 Å². The quantitative estimate of drug-likeness (QED) is 0.641. The van der Waals surface area contributed by atoms with E-state index < -0.39 is 5.60 Å². The van der Waals surface area contributed by atoms with E-state index in [4.69, 9.17) is 22.1 Å². The van der Waals surface area contributed by atoms with Crippen LogP contribution in [0, 0.1) is 0 Å². The Balaban J connectivity index is 2.18. The van der Waals surface area contributed by atoms with E-state index >= 15 is 0 Å². The van der Waals surface area contributed by atoms with Crippen molar-refractivity contribution in [3.05, 3.63) is 28.3 Å². The Bertz CT molecular complexity index is 585. The number of nitrogens with zero attached hydrogens (tertiary/aromatic N) is 1. The van der Waals surface area contributed by atoms with Gasteiger partial charge in [-0.15, -0.1) is 11.8 Å². The monoisotopic (exact) mass is 356 g/mol. The molecule has 0 aliphatic carbocycles. The molecular formula is C17H25ClN2O2S. The van der Waals surface area contributed by atoms with Gasteiger partial charge in [0.2, 0.25) is 0 Å². The van der Waals surface area contributed by atoms with Gasteiger partial charge in [-0.3, -0.25) is 0 Å². The molecule has 1 atom stereocenters. The molecule has 128 valence electrons. The first-order valence-corrected chi connectivity index (χ1v) is 9.13. The standard InChI is InChI=1S/C17H25ClN2O2S/c1-11(19)23-15-13-8-10-20(16(21)22-17(2,3)4)9-7-12(13)5-6-14(15)18/h5-6,11H,7-10,19H2,1-4H3. The van der Waals surface area contributed by atoms with E-state index in [0.29, 0.717) is 13.1 Å². The average molecular weight is 357 g/mol. The smallest absolute Gasteiger partial charge is 0.410 e. The summed E-state index contributed by atoms with van der Waals surface area (Å²) in [6.07, 6.45) is 1.32. The maximum Gasteiger partial charge on any atom is 0.410 e. The minimum absolute atomic E-state index is 0.0239. The van der Waals surface area contributed by atoms with Gasteiger partial charge in [-0.1, -0.05) is 17.7 Å². The van der Waals surface area contributed by atoms with Gasteiger partial charge in [0.1, 0.15) is 5.60 Å². The van der Waals surface area contributed by atoms with E-state index in [0.717, 1.165) is 22.8 Å². The van der Waals surface area contributed by atoms with Crippen molar-refractivity contribution in [1.29, 1.82) is 0 Å². The fraction of sp³-hybridized carbons (Fsp3) is 0.588. The number of hydrogen-bond acceptors (Lipinski definition) is 4. The predicted octanol–water partition coefficient (Wildman–Crippen LogP) is 4.07. The van der Waals surface area contributed by atoms with Gasteiger partial charge in [-0.2, -0.15) is 0 Å². The Morgan fingerprint density at radius 2 is 2.00 bits per heavy atom. The molecule has 0 saturated heterocycles. The number of hydrogen-bond donors (Lipinski definition) is 1. The molecule has 2 rings (SSSR count). The Morgan fingerprint density at radius 3 is 2.61 bits per heavy atom. The van der Waals surface area contributed by atoms with Crippen LogP contribution in [0.5, 0.6) is 0 Å². The van der Waals surface area contributed by atoms with Crippen LogP contribution in [-0.2, 0) is 17.6 Å². The zero-order valence-corrected chi connectivity index (χ0v) is 15.8.